The van der Waals surface area contributed by atoms with E-state index in [2.05, 4.69) is 53.1 Å². The molecule has 7 rings (SSSR count). The number of nitrogens with zero attached hydrogens (tertiary/aromatic N) is 3. The van der Waals surface area contributed by atoms with Gasteiger partial charge in [0.2, 0.25) is 0 Å². The fraction of sp³-hybridized carbons (Fsp3) is 0.361. The molecule has 0 spiro atoms. The van der Waals surface area contributed by atoms with E-state index in [0.29, 0.717) is 12.0 Å². The van der Waals surface area contributed by atoms with Crippen molar-refractivity contribution in [2.75, 3.05) is 7.11 Å². The van der Waals surface area contributed by atoms with Crippen LogP contribution in [-0.4, -0.2) is 32.7 Å². The summed E-state index contributed by atoms with van der Waals surface area (Å²) < 4.78 is 7.96. The van der Waals surface area contributed by atoms with E-state index >= 15 is 0 Å². The lowest BCUT2D eigenvalue weighted by Crippen LogP contribution is -2.14. The predicted octanol–water partition coefficient (Wildman–Crippen LogP) is 9.18. The van der Waals surface area contributed by atoms with Crippen LogP contribution in [0.3, 0.4) is 0 Å². The number of carboxylic acids is 1. The van der Waals surface area contributed by atoms with Gasteiger partial charge in [-0.05, 0) is 91.8 Å². The van der Waals surface area contributed by atoms with E-state index in [4.69, 9.17) is 14.7 Å². The Kier molecular flexibility index (Phi) is 7.14. The maximum Gasteiger partial charge on any atom is 0.335 e. The minimum Gasteiger partial charge on any atom is -0.497 e. The van der Waals surface area contributed by atoms with Crippen LogP contribution in [0, 0.1) is 0 Å². The van der Waals surface area contributed by atoms with Crippen LogP contribution in [0.4, 0.5) is 0 Å². The lowest BCUT2D eigenvalue weighted by molar-refractivity contribution is 0.0697. The van der Waals surface area contributed by atoms with Crippen molar-refractivity contribution in [3.8, 4) is 28.4 Å². The molecule has 2 aliphatic carbocycles. The van der Waals surface area contributed by atoms with Crippen molar-refractivity contribution in [2.45, 2.75) is 76.2 Å². The van der Waals surface area contributed by atoms with Crippen LogP contribution in [0.15, 0.2) is 66.7 Å². The molecule has 0 radical (unpaired) electrons. The Morgan fingerprint density at radius 1 is 0.810 bits per heavy atom. The average molecular weight is 560 g/mol. The van der Waals surface area contributed by atoms with Gasteiger partial charge in [-0.2, -0.15) is 0 Å². The molecule has 0 bridgehead atoms. The van der Waals surface area contributed by atoms with Crippen LogP contribution in [0.2, 0.25) is 0 Å². The Morgan fingerprint density at radius 3 is 2.36 bits per heavy atom. The van der Waals surface area contributed by atoms with E-state index in [9.17, 15) is 9.90 Å². The SMILES string of the molecule is COc1ccc(C2CCCCC2)c(-c2ccc3cc(-c4nc5cc(C(=O)O)ccc5n4C4CCCCC4)ccc3n2)c1. The summed E-state index contributed by atoms with van der Waals surface area (Å²) in [5.41, 5.74) is 7.50. The van der Waals surface area contributed by atoms with E-state index in [1.54, 1.807) is 19.2 Å². The molecule has 0 atom stereocenters. The normalized spacial score (nSPS) is 16.7. The van der Waals surface area contributed by atoms with Gasteiger partial charge in [0.05, 0.1) is 34.9 Å². The Morgan fingerprint density at radius 2 is 1.60 bits per heavy atom. The largest absolute Gasteiger partial charge is 0.497 e. The number of rotatable bonds is 6. The second kappa shape index (κ2) is 11.2. The molecule has 42 heavy (non-hydrogen) atoms. The number of carboxylic acid groups (broad SMARTS) is 1. The molecule has 5 aromatic rings. The fourth-order valence-electron chi connectivity index (χ4n) is 7.21. The molecular weight excluding hydrogens is 522 g/mol. The van der Waals surface area contributed by atoms with Gasteiger partial charge in [0.25, 0.3) is 0 Å². The van der Waals surface area contributed by atoms with Crippen LogP contribution in [0.25, 0.3) is 44.6 Å². The van der Waals surface area contributed by atoms with E-state index in [1.165, 1.54) is 62.5 Å². The molecular formula is C36H37N3O3. The van der Waals surface area contributed by atoms with Crippen molar-refractivity contribution in [3.63, 3.8) is 0 Å². The van der Waals surface area contributed by atoms with Crippen LogP contribution in [0.5, 0.6) is 5.75 Å². The minimum atomic E-state index is -0.930. The number of aromatic carboxylic acids is 1. The molecule has 214 valence electrons. The molecule has 3 aromatic carbocycles. The van der Waals surface area contributed by atoms with Gasteiger partial charge >= 0.3 is 5.97 Å². The second-order valence-electron chi connectivity index (χ2n) is 12.0. The van der Waals surface area contributed by atoms with Crippen molar-refractivity contribution in [2.24, 2.45) is 0 Å². The van der Waals surface area contributed by atoms with Crippen LogP contribution in [-0.2, 0) is 0 Å². The molecule has 0 aliphatic heterocycles. The highest BCUT2D eigenvalue weighted by Gasteiger charge is 2.24. The molecule has 2 aromatic heterocycles. The molecule has 2 aliphatic rings. The first kappa shape index (κ1) is 26.7. The topological polar surface area (TPSA) is 77.2 Å². The third-order valence-corrected chi connectivity index (χ3v) is 9.41. The number of hydrogen-bond acceptors (Lipinski definition) is 4. The van der Waals surface area contributed by atoms with E-state index in [-0.39, 0.29) is 5.56 Å². The van der Waals surface area contributed by atoms with Gasteiger partial charge in [0.15, 0.2) is 0 Å². The molecule has 2 fully saturated rings. The van der Waals surface area contributed by atoms with Crippen molar-refractivity contribution in [1.82, 2.24) is 14.5 Å². The average Bonchev–Trinajstić information content (AvgIpc) is 3.43. The number of hydrogen-bond donors (Lipinski definition) is 1. The van der Waals surface area contributed by atoms with Crippen molar-refractivity contribution >= 4 is 27.9 Å². The highest BCUT2D eigenvalue weighted by Crippen LogP contribution is 2.40. The predicted molar refractivity (Wildman–Crippen MR) is 167 cm³/mol. The van der Waals surface area contributed by atoms with Crippen molar-refractivity contribution in [1.29, 1.82) is 0 Å². The Hall–Kier alpha value is -4.19. The summed E-state index contributed by atoms with van der Waals surface area (Å²) in [5.74, 6) is 1.39. The molecule has 0 unspecified atom stereocenters. The van der Waals surface area contributed by atoms with E-state index in [1.807, 2.05) is 6.07 Å². The number of pyridine rings is 1. The summed E-state index contributed by atoms with van der Waals surface area (Å²) >= 11 is 0. The van der Waals surface area contributed by atoms with Crippen LogP contribution in [0.1, 0.15) is 92.1 Å². The third-order valence-electron chi connectivity index (χ3n) is 9.41. The van der Waals surface area contributed by atoms with E-state index < -0.39 is 5.97 Å². The quantitative estimate of drug-likeness (QED) is 0.224. The lowest BCUT2D eigenvalue weighted by Gasteiger charge is -2.26. The van der Waals surface area contributed by atoms with Gasteiger partial charge < -0.3 is 14.4 Å². The monoisotopic (exact) mass is 559 g/mol. The first-order valence-electron chi connectivity index (χ1n) is 15.4. The zero-order valence-corrected chi connectivity index (χ0v) is 24.2. The number of aromatic nitrogens is 3. The summed E-state index contributed by atoms with van der Waals surface area (Å²) in [5, 5.41) is 10.6. The lowest BCUT2D eigenvalue weighted by atomic mass is 9.81. The Bertz CT molecular complexity index is 1780. The molecule has 6 heteroatoms. The van der Waals surface area contributed by atoms with Gasteiger partial charge in [0, 0.05) is 22.6 Å². The number of methoxy groups -OCH3 is 1. The zero-order chi connectivity index (χ0) is 28.6. The smallest absolute Gasteiger partial charge is 0.335 e. The maximum atomic E-state index is 11.7. The summed E-state index contributed by atoms with van der Waals surface area (Å²) in [6, 6.07) is 22.8. The van der Waals surface area contributed by atoms with Gasteiger partial charge in [-0.3, -0.25) is 0 Å². The van der Waals surface area contributed by atoms with Gasteiger partial charge in [0.1, 0.15) is 11.6 Å². The first-order valence-corrected chi connectivity index (χ1v) is 15.4. The molecule has 0 amide bonds. The number of ether oxygens (including phenoxy) is 1. The standard InChI is InChI=1S/C36H37N3O3/c1-42-28-15-16-29(23-8-4-2-5-9-23)30(22-28)32-18-12-24-20-25(13-17-31(24)37-32)35-38-33-21-26(36(40)41)14-19-34(33)39(35)27-10-6-3-7-11-27/h12-23,27H,2-11H2,1H3,(H,40,41). The molecule has 2 saturated carbocycles. The Labute approximate surface area is 246 Å². The number of fused-ring (bicyclic) bond motifs is 2. The maximum absolute atomic E-state index is 11.7. The summed E-state index contributed by atoms with van der Waals surface area (Å²) in [7, 11) is 1.72. The van der Waals surface area contributed by atoms with Gasteiger partial charge in [-0.1, -0.05) is 50.7 Å². The number of carbonyl (C=O) groups is 1. The van der Waals surface area contributed by atoms with E-state index in [0.717, 1.165) is 57.6 Å². The molecule has 0 saturated heterocycles. The Balaban J connectivity index is 1.31. The molecule has 2 heterocycles. The van der Waals surface area contributed by atoms with Gasteiger partial charge in [-0.15, -0.1) is 0 Å². The third kappa shape index (κ3) is 4.93. The van der Waals surface area contributed by atoms with Crippen LogP contribution >= 0.6 is 0 Å². The van der Waals surface area contributed by atoms with Gasteiger partial charge in [-0.25, -0.2) is 14.8 Å². The van der Waals surface area contributed by atoms with Crippen molar-refractivity contribution < 1.29 is 14.6 Å². The second-order valence-corrected chi connectivity index (χ2v) is 12.0. The number of benzene rings is 3. The molecule has 6 nitrogen and oxygen atoms in total. The highest BCUT2D eigenvalue weighted by atomic mass is 16.5. The summed E-state index contributed by atoms with van der Waals surface area (Å²) in [4.78, 5) is 21.9. The van der Waals surface area contributed by atoms with Crippen LogP contribution < -0.4 is 4.74 Å². The minimum absolute atomic E-state index is 0.266. The van der Waals surface area contributed by atoms with Crippen molar-refractivity contribution in [3.05, 3.63) is 77.9 Å². The summed E-state index contributed by atoms with van der Waals surface area (Å²) in [6.45, 7) is 0. The summed E-state index contributed by atoms with van der Waals surface area (Å²) in [6.07, 6.45) is 12.3. The molecule has 1 N–H and O–H groups in total. The number of imidazole rings is 1. The fourth-order valence-corrected chi connectivity index (χ4v) is 7.21. The zero-order valence-electron chi connectivity index (χ0n) is 24.2. The first-order chi connectivity index (χ1) is 20.6. The highest BCUT2D eigenvalue weighted by molar-refractivity contribution is 5.94.